The van der Waals surface area contributed by atoms with E-state index < -0.39 is 22.8 Å². The molecule has 0 radical (unpaired) electrons. The number of ether oxygens (including phenoxy) is 2. The van der Waals surface area contributed by atoms with Gasteiger partial charge in [0.1, 0.15) is 29.3 Å². The highest BCUT2D eigenvalue weighted by Gasteiger charge is 2.49. The zero-order valence-corrected chi connectivity index (χ0v) is 17.1. The second-order valence-electron chi connectivity index (χ2n) is 8.77. The summed E-state index contributed by atoms with van der Waals surface area (Å²) in [5, 5.41) is 4.17. The number of esters is 1. The summed E-state index contributed by atoms with van der Waals surface area (Å²) in [6.45, 7) is 13.0. The summed E-state index contributed by atoms with van der Waals surface area (Å²) < 4.78 is 10.7. The monoisotopic (exact) mass is 381 g/mol. The first-order chi connectivity index (χ1) is 12.3. The van der Waals surface area contributed by atoms with E-state index in [1.165, 1.54) is 0 Å². The van der Waals surface area contributed by atoms with E-state index in [0.29, 0.717) is 19.0 Å². The molecule has 0 spiro atoms. The summed E-state index contributed by atoms with van der Waals surface area (Å²) in [6, 6.07) is 3.46. The molecule has 1 aliphatic rings. The largest absolute Gasteiger partial charge is 0.459 e. The topological polar surface area (TPSA) is 93.1 Å². The molecule has 1 unspecified atom stereocenters. The molecule has 1 aromatic heterocycles. The van der Waals surface area contributed by atoms with Gasteiger partial charge in [-0.05, 0) is 60.1 Å². The van der Waals surface area contributed by atoms with Crippen LogP contribution in [0.2, 0.25) is 0 Å². The van der Waals surface area contributed by atoms with Crippen molar-refractivity contribution in [2.24, 2.45) is 0 Å². The molecule has 0 aromatic carbocycles. The summed E-state index contributed by atoms with van der Waals surface area (Å²) in [4.78, 5) is 33.9. The van der Waals surface area contributed by atoms with Gasteiger partial charge in [-0.25, -0.2) is 14.6 Å². The standard InChI is InChI=1S/C19H29N3O5.H2/c1-17(2,3)26-15(23)19(7,22-12-25-22)10-13-8-9-14(20-11-13)21-16(24)27-18(4,5)6;/h8-9,11H,10,12H2,1-7H3,(H,20,21,24);1H/t19-,22?;/m0./s1. The molecule has 1 N–H and O–H groups in total. The number of hydrogen-bond donors (Lipinski definition) is 1. The first kappa shape index (κ1) is 21.1. The van der Waals surface area contributed by atoms with E-state index in [4.69, 9.17) is 14.3 Å². The van der Waals surface area contributed by atoms with Crippen LogP contribution in [0, 0.1) is 0 Å². The van der Waals surface area contributed by atoms with Crippen molar-refractivity contribution in [1.82, 2.24) is 10.0 Å². The second-order valence-corrected chi connectivity index (χ2v) is 8.77. The Hall–Kier alpha value is -2.19. The maximum Gasteiger partial charge on any atom is 0.413 e. The third-order valence-electron chi connectivity index (χ3n) is 3.65. The van der Waals surface area contributed by atoms with Crippen LogP contribution in [-0.4, -0.2) is 45.6 Å². The van der Waals surface area contributed by atoms with E-state index in [9.17, 15) is 9.59 Å². The normalized spacial score (nSPS) is 19.0. The average Bonchev–Trinajstić information content (AvgIpc) is 3.30. The highest BCUT2D eigenvalue weighted by Crippen LogP contribution is 2.31. The molecular weight excluding hydrogens is 350 g/mol. The fourth-order valence-electron chi connectivity index (χ4n) is 2.37. The van der Waals surface area contributed by atoms with E-state index in [1.807, 2.05) is 20.8 Å². The quantitative estimate of drug-likeness (QED) is 0.616. The van der Waals surface area contributed by atoms with Crippen LogP contribution in [0.1, 0.15) is 55.5 Å². The molecule has 1 fully saturated rings. The van der Waals surface area contributed by atoms with Gasteiger partial charge in [0, 0.05) is 14.0 Å². The van der Waals surface area contributed by atoms with Crippen molar-refractivity contribution >= 4 is 17.9 Å². The number of nitrogens with one attached hydrogen (secondary N) is 1. The predicted octanol–water partition coefficient (Wildman–Crippen LogP) is 3.52. The molecular formula is C19H31N3O5. The lowest BCUT2D eigenvalue weighted by Gasteiger charge is -2.30. The first-order valence-electron chi connectivity index (χ1n) is 8.87. The number of hydroxylamine groups is 2. The molecule has 8 heteroatoms. The second kappa shape index (κ2) is 7.44. The van der Waals surface area contributed by atoms with Crippen molar-refractivity contribution in [3.05, 3.63) is 23.9 Å². The molecule has 0 aliphatic carbocycles. The minimum absolute atomic E-state index is 0. The molecule has 2 heterocycles. The molecule has 0 saturated carbocycles. The molecule has 152 valence electrons. The molecule has 0 bridgehead atoms. The number of hydrogen-bond acceptors (Lipinski definition) is 7. The van der Waals surface area contributed by atoms with E-state index in [2.05, 4.69) is 10.3 Å². The number of aromatic nitrogens is 1. The van der Waals surface area contributed by atoms with Crippen LogP contribution in [0.4, 0.5) is 10.6 Å². The number of pyridine rings is 1. The summed E-state index contributed by atoms with van der Waals surface area (Å²) in [5.41, 5.74) is -1.31. The molecule has 27 heavy (non-hydrogen) atoms. The van der Waals surface area contributed by atoms with Gasteiger partial charge in [-0.2, -0.15) is 0 Å². The van der Waals surface area contributed by atoms with Crippen molar-refractivity contribution < 1.29 is 25.3 Å². The maximum atomic E-state index is 12.7. The third-order valence-corrected chi connectivity index (χ3v) is 3.65. The Morgan fingerprint density at radius 1 is 1.15 bits per heavy atom. The first-order valence-corrected chi connectivity index (χ1v) is 8.87. The number of carbonyl (C=O) groups excluding carboxylic acids is 2. The van der Waals surface area contributed by atoms with Gasteiger partial charge in [0.25, 0.3) is 0 Å². The average molecular weight is 381 g/mol. The van der Waals surface area contributed by atoms with Crippen molar-refractivity contribution in [2.75, 3.05) is 12.0 Å². The van der Waals surface area contributed by atoms with Gasteiger partial charge < -0.3 is 9.47 Å². The Morgan fingerprint density at radius 2 is 1.74 bits per heavy atom. The zero-order chi connectivity index (χ0) is 20.5. The molecule has 2 rings (SSSR count). The van der Waals surface area contributed by atoms with Gasteiger partial charge in [0.05, 0.1) is 0 Å². The van der Waals surface area contributed by atoms with Gasteiger partial charge >= 0.3 is 12.1 Å². The Morgan fingerprint density at radius 3 is 2.19 bits per heavy atom. The highest BCUT2D eigenvalue weighted by molar-refractivity contribution is 5.83. The highest BCUT2D eigenvalue weighted by atomic mass is 16.8. The van der Waals surface area contributed by atoms with Crippen molar-refractivity contribution in [3.8, 4) is 0 Å². The zero-order valence-electron chi connectivity index (χ0n) is 17.1. The van der Waals surface area contributed by atoms with Gasteiger partial charge in [-0.15, -0.1) is 5.06 Å². The van der Waals surface area contributed by atoms with Crippen LogP contribution in [0.3, 0.4) is 0 Å². The van der Waals surface area contributed by atoms with E-state index >= 15 is 0 Å². The van der Waals surface area contributed by atoms with Gasteiger partial charge in [-0.3, -0.25) is 10.2 Å². The maximum absolute atomic E-state index is 12.7. The van der Waals surface area contributed by atoms with Gasteiger partial charge in [-0.1, -0.05) is 6.07 Å². The van der Waals surface area contributed by atoms with Crippen LogP contribution in [-0.2, 0) is 25.5 Å². The number of carbonyl (C=O) groups is 2. The SMILES string of the molecule is CC(C)(C)OC(=O)Nc1ccc(C[C@@](C)(C(=O)OC(C)(C)C)N2CO2)cn1.[HH]. The lowest BCUT2D eigenvalue weighted by Crippen LogP contribution is -2.48. The number of anilines is 1. The summed E-state index contributed by atoms with van der Waals surface area (Å²) in [7, 11) is 0. The number of amides is 1. The van der Waals surface area contributed by atoms with Gasteiger partial charge in [0.15, 0.2) is 0 Å². The van der Waals surface area contributed by atoms with Crippen LogP contribution in [0.25, 0.3) is 0 Å². The van der Waals surface area contributed by atoms with E-state index in [1.54, 1.807) is 51.1 Å². The Labute approximate surface area is 161 Å². The predicted molar refractivity (Wildman–Crippen MR) is 102 cm³/mol. The minimum atomic E-state index is -0.949. The van der Waals surface area contributed by atoms with Crippen LogP contribution in [0.15, 0.2) is 18.3 Å². The minimum Gasteiger partial charge on any atom is -0.459 e. The lowest BCUT2D eigenvalue weighted by molar-refractivity contribution is -0.169. The van der Waals surface area contributed by atoms with Crippen LogP contribution >= 0.6 is 0 Å². The number of nitrogens with zero attached hydrogens (tertiary/aromatic N) is 2. The lowest BCUT2D eigenvalue weighted by atomic mass is 9.93. The van der Waals surface area contributed by atoms with Crippen LogP contribution < -0.4 is 5.32 Å². The smallest absolute Gasteiger partial charge is 0.413 e. The fourth-order valence-corrected chi connectivity index (χ4v) is 2.37. The molecule has 1 saturated heterocycles. The Bertz CT molecular complexity index is 693. The molecule has 1 amide bonds. The number of rotatable bonds is 5. The summed E-state index contributed by atoms with van der Waals surface area (Å²) in [5.74, 6) is 0.0124. The molecule has 2 atom stereocenters. The Balaban J connectivity index is 0.00000392. The van der Waals surface area contributed by atoms with Crippen molar-refractivity contribution in [3.63, 3.8) is 0 Å². The van der Waals surface area contributed by atoms with Crippen molar-refractivity contribution in [1.29, 1.82) is 0 Å². The molecule has 1 aliphatic heterocycles. The third kappa shape index (κ3) is 6.48. The van der Waals surface area contributed by atoms with Crippen molar-refractivity contribution in [2.45, 2.75) is 71.6 Å². The molecule has 1 aromatic rings. The molecule has 8 nitrogen and oxygen atoms in total. The van der Waals surface area contributed by atoms with Gasteiger partial charge in [0.2, 0.25) is 0 Å². The Kier molecular flexibility index (Phi) is 5.82. The summed E-state index contributed by atoms with van der Waals surface area (Å²) in [6.07, 6.45) is 1.40. The fraction of sp³-hybridized carbons (Fsp3) is 0.632. The van der Waals surface area contributed by atoms with Crippen LogP contribution in [0.5, 0.6) is 0 Å². The van der Waals surface area contributed by atoms with E-state index in [0.717, 1.165) is 5.56 Å². The summed E-state index contributed by atoms with van der Waals surface area (Å²) >= 11 is 0. The van der Waals surface area contributed by atoms with E-state index in [-0.39, 0.29) is 7.40 Å².